The number of hydrogen-bond acceptors (Lipinski definition) is 7. The molecule has 0 saturated heterocycles. The van der Waals surface area contributed by atoms with Crippen LogP contribution in [0.15, 0.2) is 22.6 Å². The van der Waals surface area contributed by atoms with Gasteiger partial charge >= 0.3 is 12.2 Å². The number of benzene rings is 1. The number of aromatic nitrogens is 3. The molecule has 2 aromatic heterocycles. The second-order valence-corrected chi connectivity index (χ2v) is 10.00. The van der Waals surface area contributed by atoms with Gasteiger partial charge in [-0.25, -0.2) is 4.98 Å². The van der Waals surface area contributed by atoms with Crippen LogP contribution in [0, 0.1) is 12.8 Å². The van der Waals surface area contributed by atoms with Crippen LogP contribution in [0.4, 0.5) is 24.9 Å². The monoisotopic (exact) mass is 477 g/mol. The molecule has 10 heteroatoms. The van der Waals surface area contributed by atoms with Gasteiger partial charge in [0, 0.05) is 29.6 Å². The van der Waals surface area contributed by atoms with Crippen molar-refractivity contribution in [1.29, 1.82) is 0 Å². The standard InChI is InChI=1S/C24H30F3N5O2/c1-13-8-19(21-31-32-22(34-21)30-18-7-5-6-14(18)11-33)29-20-16(13)9-15(28-12-24(25,26)27)10-17(20)23(2,3)4/h8-10,14,18,28,33H,5-7,11-12H2,1-4H3,(H,30,32)/t14-,18-/m0/s1. The molecule has 0 radical (unpaired) electrons. The molecule has 34 heavy (non-hydrogen) atoms. The second kappa shape index (κ2) is 9.05. The smallest absolute Gasteiger partial charge is 0.402 e. The minimum Gasteiger partial charge on any atom is -0.402 e. The van der Waals surface area contributed by atoms with Gasteiger partial charge in [-0.3, -0.25) is 0 Å². The molecule has 2 heterocycles. The predicted molar refractivity (Wildman–Crippen MR) is 125 cm³/mol. The van der Waals surface area contributed by atoms with Crippen molar-refractivity contribution in [2.45, 2.75) is 64.6 Å². The molecule has 3 aromatic rings. The van der Waals surface area contributed by atoms with Gasteiger partial charge in [-0.1, -0.05) is 32.3 Å². The van der Waals surface area contributed by atoms with Gasteiger partial charge < -0.3 is 20.2 Å². The summed E-state index contributed by atoms with van der Waals surface area (Å²) in [7, 11) is 0. The molecule has 4 rings (SSSR count). The number of aryl methyl sites for hydroxylation is 1. The second-order valence-electron chi connectivity index (χ2n) is 10.00. The van der Waals surface area contributed by atoms with E-state index in [1.165, 1.54) is 0 Å². The number of nitrogens with zero attached hydrogens (tertiary/aromatic N) is 3. The van der Waals surface area contributed by atoms with Crippen LogP contribution in [-0.4, -0.2) is 45.7 Å². The summed E-state index contributed by atoms with van der Waals surface area (Å²) in [5, 5.41) is 24.3. The normalized spacial score (nSPS) is 19.1. The highest BCUT2D eigenvalue weighted by atomic mass is 19.4. The molecule has 1 aromatic carbocycles. The Morgan fingerprint density at radius 1 is 1.12 bits per heavy atom. The third kappa shape index (κ3) is 5.27. The minimum absolute atomic E-state index is 0.0831. The summed E-state index contributed by atoms with van der Waals surface area (Å²) < 4.78 is 44.1. The number of rotatable bonds is 6. The summed E-state index contributed by atoms with van der Waals surface area (Å²) in [6.45, 7) is 6.86. The average Bonchev–Trinajstić information content (AvgIpc) is 3.40. The highest BCUT2D eigenvalue weighted by Gasteiger charge is 2.29. The Bertz CT molecular complexity index is 1170. The van der Waals surface area contributed by atoms with Crippen LogP contribution in [0.25, 0.3) is 22.5 Å². The Labute approximate surface area is 196 Å². The van der Waals surface area contributed by atoms with Gasteiger partial charge in [-0.15, -0.1) is 5.10 Å². The zero-order valence-corrected chi connectivity index (χ0v) is 19.8. The fourth-order valence-electron chi connectivity index (χ4n) is 4.47. The lowest BCUT2D eigenvalue weighted by atomic mass is 9.84. The summed E-state index contributed by atoms with van der Waals surface area (Å²) in [6.07, 6.45) is -1.40. The molecular formula is C24H30F3N5O2. The van der Waals surface area contributed by atoms with Gasteiger partial charge in [0.25, 0.3) is 5.89 Å². The average molecular weight is 478 g/mol. The van der Waals surface area contributed by atoms with Gasteiger partial charge in [0.15, 0.2) is 0 Å². The summed E-state index contributed by atoms with van der Waals surface area (Å²) in [5.74, 6) is 0.413. The Morgan fingerprint density at radius 3 is 2.56 bits per heavy atom. The molecular weight excluding hydrogens is 447 g/mol. The van der Waals surface area contributed by atoms with Crippen molar-refractivity contribution < 1.29 is 22.7 Å². The summed E-state index contributed by atoms with van der Waals surface area (Å²) >= 11 is 0. The molecule has 2 atom stereocenters. The van der Waals surface area contributed by atoms with E-state index in [1.54, 1.807) is 18.2 Å². The quantitative estimate of drug-likeness (QED) is 0.435. The largest absolute Gasteiger partial charge is 0.405 e. The number of aliphatic hydroxyl groups is 1. The fraction of sp³-hybridized carbons (Fsp3) is 0.542. The molecule has 1 fully saturated rings. The third-order valence-corrected chi connectivity index (χ3v) is 6.27. The first-order valence-electron chi connectivity index (χ1n) is 11.4. The highest BCUT2D eigenvalue weighted by molar-refractivity contribution is 5.90. The molecule has 1 aliphatic carbocycles. The molecule has 0 aliphatic heterocycles. The van der Waals surface area contributed by atoms with Crippen LogP contribution in [0.2, 0.25) is 0 Å². The Morgan fingerprint density at radius 2 is 1.88 bits per heavy atom. The summed E-state index contributed by atoms with van der Waals surface area (Å²) in [4.78, 5) is 4.78. The predicted octanol–water partition coefficient (Wildman–Crippen LogP) is 5.44. The van der Waals surface area contributed by atoms with E-state index in [0.717, 1.165) is 35.8 Å². The number of anilines is 2. The number of alkyl halides is 3. The fourth-order valence-corrected chi connectivity index (χ4v) is 4.47. The topological polar surface area (TPSA) is 96.1 Å². The first kappa shape index (κ1) is 24.3. The van der Waals surface area contributed by atoms with E-state index in [2.05, 4.69) is 20.8 Å². The number of halogens is 3. The first-order valence-corrected chi connectivity index (χ1v) is 11.4. The molecule has 184 valence electrons. The molecule has 1 aliphatic rings. The van der Waals surface area contributed by atoms with Crippen LogP contribution >= 0.6 is 0 Å². The van der Waals surface area contributed by atoms with E-state index in [4.69, 9.17) is 9.40 Å². The van der Waals surface area contributed by atoms with Gasteiger partial charge in [-0.05, 0) is 54.5 Å². The maximum Gasteiger partial charge on any atom is 0.405 e. The zero-order chi connectivity index (χ0) is 24.7. The Balaban J connectivity index is 1.70. The first-order chi connectivity index (χ1) is 15.9. The van der Waals surface area contributed by atoms with E-state index >= 15 is 0 Å². The van der Waals surface area contributed by atoms with Gasteiger partial charge in [0.2, 0.25) is 0 Å². The van der Waals surface area contributed by atoms with E-state index in [0.29, 0.717) is 16.9 Å². The van der Waals surface area contributed by atoms with Crippen LogP contribution in [0.1, 0.15) is 51.2 Å². The van der Waals surface area contributed by atoms with Crippen molar-refractivity contribution in [2.75, 3.05) is 23.8 Å². The van der Waals surface area contributed by atoms with E-state index in [1.807, 2.05) is 27.7 Å². The van der Waals surface area contributed by atoms with Crippen LogP contribution in [0.5, 0.6) is 0 Å². The van der Waals surface area contributed by atoms with Crippen molar-refractivity contribution in [3.63, 3.8) is 0 Å². The number of pyridine rings is 1. The van der Waals surface area contributed by atoms with E-state index in [-0.39, 0.29) is 35.9 Å². The van der Waals surface area contributed by atoms with Crippen molar-refractivity contribution in [1.82, 2.24) is 15.2 Å². The lowest BCUT2D eigenvalue weighted by molar-refractivity contribution is -0.115. The van der Waals surface area contributed by atoms with Crippen LogP contribution in [0.3, 0.4) is 0 Å². The van der Waals surface area contributed by atoms with E-state index < -0.39 is 12.7 Å². The maximum absolute atomic E-state index is 12.8. The molecule has 1 saturated carbocycles. The van der Waals surface area contributed by atoms with Gasteiger partial charge in [0.1, 0.15) is 12.2 Å². The van der Waals surface area contributed by atoms with Crippen molar-refractivity contribution in [3.05, 3.63) is 29.3 Å². The highest BCUT2D eigenvalue weighted by Crippen LogP contribution is 2.36. The molecule has 3 N–H and O–H groups in total. The molecule has 0 spiro atoms. The number of hydrogen-bond donors (Lipinski definition) is 3. The SMILES string of the molecule is Cc1cc(-c2nnc(N[C@H]3CCC[C@H]3CO)o2)nc2c(C(C)(C)C)cc(NCC(F)(F)F)cc12. The maximum atomic E-state index is 12.8. The number of fused-ring (bicyclic) bond motifs is 1. The van der Waals surface area contributed by atoms with Crippen molar-refractivity contribution in [3.8, 4) is 11.6 Å². The Hall–Kier alpha value is -2.88. The van der Waals surface area contributed by atoms with Crippen LogP contribution < -0.4 is 10.6 Å². The zero-order valence-electron chi connectivity index (χ0n) is 19.8. The minimum atomic E-state index is -4.31. The van der Waals surface area contributed by atoms with Crippen molar-refractivity contribution in [2.24, 2.45) is 5.92 Å². The van der Waals surface area contributed by atoms with E-state index in [9.17, 15) is 18.3 Å². The molecule has 0 unspecified atom stereocenters. The lowest BCUT2D eigenvalue weighted by Gasteiger charge is -2.23. The lowest BCUT2D eigenvalue weighted by Crippen LogP contribution is -2.26. The molecule has 0 amide bonds. The van der Waals surface area contributed by atoms with Crippen molar-refractivity contribution >= 4 is 22.6 Å². The van der Waals surface area contributed by atoms with Gasteiger partial charge in [-0.2, -0.15) is 13.2 Å². The summed E-state index contributed by atoms with van der Waals surface area (Å²) in [6, 6.07) is 5.58. The molecule has 0 bridgehead atoms. The Kier molecular flexibility index (Phi) is 6.46. The number of nitrogens with one attached hydrogen (secondary N) is 2. The van der Waals surface area contributed by atoms with Crippen LogP contribution in [-0.2, 0) is 5.41 Å². The third-order valence-electron chi connectivity index (χ3n) is 6.27. The molecule has 7 nitrogen and oxygen atoms in total. The number of aliphatic hydroxyl groups excluding tert-OH is 1. The summed E-state index contributed by atoms with van der Waals surface area (Å²) in [5.41, 5.74) is 2.86. The van der Waals surface area contributed by atoms with Gasteiger partial charge in [0.05, 0.1) is 5.52 Å².